The molecule has 2 atom stereocenters. The van der Waals surface area contributed by atoms with Crippen molar-refractivity contribution in [2.75, 3.05) is 32.7 Å². The zero-order chi connectivity index (χ0) is 27.8. The molecule has 2 amide bonds. The predicted octanol–water partition coefficient (Wildman–Crippen LogP) is 1.42. The molecule has 3 aliphatic heterocycles. The van der Waals surface area contributed by atoms with Gasteiger partial charge in [-0.2, -0.15) is 30.2 Å². The molecule has 15 heteroatoms. The number of halogens is 3. The summed E-state index contributed by atoms with van der Waals surface area (Å²) in [4.78, 5) is 27.9. The normalized spacial score (nSPS) is 23.5. The van der Waals surface area contributed by atoms with Gasteiger partial charge in [-0.05, 0) is 43.4 Å². The number of hydrogen-bond donors (Lipinski definition) is 1. The molecule has 0 spiro atoms. The monoisotopic (exact) mass is 569 g/mol. The SMILES string of the molecule is O=C(NCc1ccc(C(F)(F)F)cc1)[C@H]1CCCN1C(=O)[C@H]1CCCN(S(=O)(=O)N2CC(n3ccnn3)C2)C1. The van der Waals surface area contributed by atoms with Gasteiger partial charge in [0, 0.05) is 45.5 Å². The van der Waals surface area contributed by atoms with Gasteiger partial charge in [0.05, 0.1) is 23.7 Å². The van der Waals surface area contributed by atoms with Crippen molar-refractivity contribution in [1.82, 2.24) is 33.8 Å². The molecule has 4 heterocycles. The third-order valence-corrected chi connectivity index (χ3v) is 9.55. The summed E-state index contributed by atoms with van der Waals surface area (Å²) in [6.45, 7) is 1.39. The van der Waals surface area contributed by atoms with Crippen LogP contribution in [-0.2, 0) is 32.5 Å². The van der Waals surface area contributed by atoms with Crippen LogP contribution in [-0.4, -0.2) is 87.5 Å². The van der Waals surface area contributed by atoms with Crippen molar-refractivity contribution in [3.63, 3.8) is 0 Å². The van der Waals surface area contributed by atoms with Crippen molar-refractivity contribution in [2.24, 2.45) is 5.92 Å². The second kappa shape index (κ2) is 10.8. The highest BCUT2D eigenvalue weighted by Crippen LogP contribution is 2.31. The van der Waals surface area contributed by atoms with Crippen LogP contribution in [0.4, 0.5) is 13.2 Å². The van der Waals surface area contributed by atoms with Gasteiger partial charge in [-0.1, -0.05) is 17.3 Å². The number of nitrogens with one attached hydrogen (secondary N) is 1. The summed E-state index contributed by atoms with van der Waals surface area (Å²) in [7, 11) is -3.74. The summed E-state index contributed by atoms with van der Waals surface area (Å²) in [5.41, 5.74) is -0.254. The lowest BCUT2D eigenvalue weighted by Crippen LogP contribution is -2.58. The molecule has 212 valence electrons. The molecule has 1 aromatic heterocycles. The van der Waals surface area contributed by atoms with E-state index in [1.54, 1.807) is 17.1 Å². The maximum absolute atomic E-state index is 13.4. The predicted molar refractivity (Wildman–Crippen MR) is 132 cm³/mol. The van der Waals surface area contributed by atoms with Crippen LogP contribution in [0.3, 0.4) is 0 Å². The van der Waals surface area contributed by atoms with E-state index in [-0.39, 0.29) is 44.0 Å². The molecule has 3 saturated heterocycles. The molecule has 0 radical (unpaired) electrons. The molecule has 2 aromatic rings. The molecule has 11 nitrogen and oxygen atoms in total. The number of carbonyl (C=O) groups is 2. The van der Waals surface area contributed by atoms with Crippen LogP contribution < -0.4 is 5.32 Å². The number of hydrogen-bond acceptors (Lipinski definition) is 6. The zero-order valence-electron chi connectivity index (χ0n) is 21.1. The van der Waals surface area contributed by atoms with E-state index in [1.165, 1.54) is 25.6 Å². The van der Waals surface area contributed by atoms with Gasteiger partial charge in [-0.3, -0.25) is 9.59 Å². The van der Waals surface area contributed by atoms with E-state index < -0.39 is 33.9 Å². The Bertz CT molecular complexity index is 1280. The zero-order valence-corrected chi connectivity index (χ0v) is 21.9. The third kappa shape index (κ3) is 5.79. The average molecular weight is 570 g/mol. The van der Waals surface area contributed by atoms with Crippen LogP contribution in [0.2, 0.25) is 0 Å². The fraction of sp³-hybridized carbons (Fsp3) is 0.583. The number of amides is 2. The van der Waals surface area contributed by atoms with Crippen LogP contribution in [0.15, 0.2) is 36.7 Å². The third-order valence-electron chi connectivity index (χ3n) is 7.62. The van der Waals surface area contributed by atoms with Crippen molar-refractivity contribution < 1.29 is 31.2 Å². The number of nitrogens with zero attached hydrogens (tertiary/aromatic N) is 6. The molecular weight excluding hydrogens is 539 g/mol. The molecule has 5 rings (SSSR count). The van der Waals surface area contributed by atoms with Crippen LogP contribution in [0, 0.1) is 5.92 Å². The first kappa shape index (κ1) is 27.5. The van der Waals surface area contributed by atoms with Gasteiger partial charge in [0.15, 0.2) is 0 Å². The van der Waals surface area contributed by atoms with E-state index in [0.717, 1.165) is 12.1 Å². The molecule has 1 N–H and O–H groups in total. The van der Waals surface area contributed by atoms with Gasteiger partial charge in [0.2, 0.25) is 11.8 Å². The van der Waals surface area contributed by atoms with Gasteiger partial charge in [0.1, 0.15) is 6.04 Å². The number of aromatic nitrogens is 3. The minimum absolute atomic E-state index is 0.0381. The van der Waals surface area contributed by atoms with Gasteiger partial charge in [-0.25, -0.2) is 4.68 Å². The van der Waals surface area contributed by atoms with E-state index in [4.69, 9.17) is 0 Å². The minimum atomic E-state index is -4.43. The van der Waals surface area contributed by atoms with E-state index in [2.05, 4.69) is 15.6 Å². The van der Waals surface area contributed by atoms with Crippen LogP contribution in [0.25, 0.3) is 0 Å². The summed E-state index contributed by atoms with van der Waals surface area (Å²) < 4.78 is 69.1. The smallest absolute Gasteiger partial charge is 0.350 e. The summed E-state index contributed by atoms with van der Waals surface area (Å²) >= 11 is 0. The molecule has 0 unspecified atom stereocenters. The Morgan fingerprint density at radius 3 is 2.38 bits per heavy atom. The topological polar surface area (TPSA) is 121 Å². The molecule has 0 aliphatic carbocycles. The number of benzene rings is 1. The molecule has 0 bridgehead atoms. The van der Waals surface area contributed by atoms with Crippen LogP contribution in [0.5, 0.6) is 0 Å². The first-order chi connectivity index (χ1) is 18.5. The highest BCUT2D eigenvalue weighted by molar-refractivity contribution is 7.86. The van der Waals surface area contributed by atoms with Gasteiger partial charge >= 0.3 is 6.18 Å². The fourth-order valence-corrected chi connectivity index (χ4v) is 7.13. The van der Waals surface area contributed by atoms with E-state index in [9.17, 15) is 31.2 Å². The van der Waals surface area contributed by atoms with Gasteiger partial charge in [0.25, 0.3) is 10.2 Å². The fourth-order valence-electron chi connectivity index (χ4n) is 5.36. The molecular formula is C24H30F3N7O4S. The van der Waals surface area contributed by atoms with Gasteiger partial charge in [-0.15, -0.1) is 5.10 Å². The lowest BCUT2D eigenvalue weighted by molar-refractivity contribution is -0.142. The van der Waals surface area contributed by atoms with E-state index >= 15 is 0 Å². The second-order valence-corrected chi connectivity index (χ2v) is 12.1. The summed E-state index contributed by atoms with van der Waals surface area (Å²) in [5.74, 6) is -1.17. The Labute approximate surface area is 224 Å². The Kier molecular flexibility index (Phi) is 7.66. The largest absolute Gasteiger partial charge is 0.416 e. The average Bonchev–Trinajstić information content (AvgIpc) is 3.58. The lowest BCUT2D eigenvalue weighted by atomic mass is 9.97. The lowest BCUT2D eigenvalue weighted by Gasteiger charge is -2.42. The molecule has 3 fully saturated rings. The van der Waals surface area contributed by atoms with Crippen molar-refractivity contribution in [3.05, 3.63) is 47.8 Å². The number of piperidine rings is 1. The molecule has 1 aromatic carbocycles. The number of likely N-dealkylation sites (tertiary alicyclic amines) is 1. The summed E-state index contributed by atoms with van der Waals surface area (Å²) in [6.07, 6.45) is 0.968. The second-order valence-electron chi connectivity index (χ2n) is 10.2. The van der Waals surface area contributed by atoms with Crippen molar-refractivity contribution >= 4 is 22.0 Å². The highest BCUT2D eigenvalue weighted by Gasteiger charge is 2.44. The first-order valence-corrected chi connectivity index (χ1v) is 14.3. The van der Waals surface area contributed by atoms with Crippen LogP contribution >= 0.6 is 0 Å². The van der Waals surface area contributed by atoms with Crippen molar-refractivity contribution in [2.45, 2.75) is 50.5 Å². The summed E-state index contributed by atoms with van der Waals surface area (Å²) in [5, 5.41) is 10.4. The highest BCUT2D eigenvalue weighted by atomic mass is 32.2. The first-order valence-electron chi connectivity index (χ1n) is 12.9. The minimum Gasteiger partial charge on any atom is -0.350 e. The number of carbonyl (C=O) groups excluding carboxylic acids is 2. The number of rotatable bonds is 7. The maximum Gasteiger partial charge on any atom is 0.416 e. The Balaban J connectivity index is 1.16. The Hall–Kier alpha value is -3.04. The standard InChI is InChI=1S/C24H30F3N7O4S/c25-24(26,27)19-7-5-17(6-8-19)13-28-22(35)21-4-2-11-33(21)23(36)18-3-1-10-31(14-18)39(37,38)32-15-20(16-32)34-12-9-29-30-34/h5-9,12,18,20-21H,1-4,10-11,13-16H2,(H,28,35)/t18-,21+/m0/s1. The van der Waals surface area contributed by atoms with Gasteiger partial charge < -0.3 is 10.2 Å². The van der Waals surface area contributed by atoms with E-state index in [0.29, 0.717) is 44.3 Å². The van der Waals surface area contributed by atoms with Crippen LogP contribution in [0.1, 0.15) is 42.9 Å². The van der Waals surface area contributed by atoms with E-state index in [1.807, 2.05) is 0 Å². The Morgan fingerprint density at radius 1 is 1.00 bits per heavy atom. The number of alkyl halides is 3. The molecule has 39 heavy (non-hydrogen) atoms. The Morgan fingerprint density at radius 2 is 1.72 bits per heavy atom. The van der Waals surface area contributed by atoms with Crippen molar-refractivity contribution in [1.29, 1.82) is 0 Å². The molecule has 3 aliphatic rings. The maximum atomic E-state index is 13.4. The molecule has 0 saturated carbocycles. The van der Waals surface area contributed by atoms with Crippen molar-refractivity contribution in [3.8, 4) is 0 Å². The quantitative estimate of drug-likeness (QED) is 0.539. The summed E-state index contributed by atoms with van der Waals surface area (Å²) in [6, 6.07) is 3.78.